The Balaban J connectivity index is 1.34. The Kier molecular flexibility index (Phi) is 8.25. The van der Waals surface area contributed by atoms with Crippen LogP contribution in [0, 0.1) is 23.4 Å². The molecule has 2 aliphatic rings. The maximum absolute atomic E-state index is 15.1. The highest BCUT2D eigenvalue weighted by atomic mass is 19.1. The molecule has 2 aromatic carbocycles. The molecule has 1 saturated heterocycles. The van der Waals surface area contributed by atoms with Crippen molar-refractivity contribution < 1.29 is 22.7 Å². The molecular weight excluding hydrogens is 519 g/mol. The number of benzene rings is 2. The Morgan fingerprint density at radius 3 is 2.58 bits per heavy atom. The van der Waals surface area contributed by atoms with Gasteiger partial charge in [-0.1, -0.05) is 19.1 Å². The number of primary amides is 1. The average molecular weight is 554 g/mol. The fourth-order valence-electron chi connectivity index (χ4n) is 5.44. The molecule has 0 saturated carbocycles. The van der Waals surface area contributed by atoms with Gasteiger partial charge in [-0.15, -0.1) is 0 Å². The molecule has 1 aromatic heterocycles. The van der Waals surface area contributed by atoms with E-state index in [1.54, 1.807) is 18.2 Å². The van der Waals surface area contributed by atoms with E-state index in [0.717, 1.165) is 12.6 Å². The van der Waals surface area contributed by atoms with Gasteiger partial charge in [0.1, 0.15) is 23.9 Å². The lowest BCUT2D eigenvalue weighted by Crippen LogP contribution is -2.39. The number of nitrogens with zero attached hydrogens (tertiary/aromatic N) is 4. The van der Waals surface area contributed by atoms with Crippen LogP contribution in [0.2, 0.25) is 0 Å². The minimum atomic E-state index is -0.670. The lowest BCUT2D eigenvalue weighted by molar-refractivity contribution is -0.123. The van der Waals surface area contributed by atoms with E-state index in [1.807, 2.05) is 0 Å². The van der Waals surface area contributed by atoms with Crippen molar-refractivity contribution in [3.8, 4) is 17.0 Å². The van der Waals surface area contributed by atoms with Crippen molar-refractivity contribution in [1.29, 1.82) is 0 Å². The predicted octanol–water partition coefficient (Wildman–Crippen LogP) is 4.85. The van der Waals surface area contributed by atoms with E-state index in [4.69, 9.17) is 10.5 Å². The molecule has 3 heterocycles. The summed E-state index contributed by atoms with van der Waals surface area (Å²) in [5.74, 6) is -1.52. The van der Waals surface area contributed by atoms with E-state index < -0.39 is 11.6 Å². The van der Waals surface area contributed by atoms with Crippen molar-refractivity contribution in [2.75, 3.05) is 31.1 Å². The maximum atomic E-state index is 15.1. The number of hydrogen-bond acceptors (Lipinski definition) is 6. The van der Waals surface area contributed by atoms with E-state index in [1.165, 1.54) is 12.1 Å². The Bertz CT molecular complexity index is 1390. The first-order chi connectivity index (χ1) is 19.2. The monoisotopic (exact) mass is 553 g/mol. The Hall–Kier alpha value is -3.66. The Labute approximate surface area is 232 Å². The number of anilines is 1. The number of amides is 1. The first-order valence-corrected chi connectivity index (χ1v) is 13.8. The smallest absolute Gasteiger partial charge is 0.220 e. The zero-order valence-electron chi connectivity index (χ0n) is 22.8. The number of carbonyl (C=O) groups excluding carboxylic acids is 1. The van der Waals surface area contributed by atoms with Crippen molar-refractivity contribution in [3.63, 3.8) is 0 Å². The van der Waals surface area contributed by atoms with Gasteiger partial charge in [-0.2, -0.15) is 0 Å². The first-order valence-electron chi connectivity index (χ1n) is 13.8. The molecule has 2 aliphatic heterocycles. The number of carbonyl (C=O) groups is 1. The molecule has 1 atom stereocenters. The number of aromatic nitrogens is 2. The molecule has 0 bridgehead atoms. The highest BCUT2D eigenvalue weighted by Gasteiger charge is 2.27. The molecular formula is C30H34F3N5O2. The molecule has 7 nitrogen and oxygen atoms in total. The number of piperidine rings is 1. The number of hydrogen-bond donors (Lipinski definition) is 1. The molecule has 3 aromatic rings. The molecule has 1 amide bonds. The van der Waals surface area contributed by atoms with Gasteiger partial charge in [0, 0.05) is 36.1 Å². The van der Waals surface area contributed by atoms with Gasteiger partial charge >= 0.3 is 0 Å². The summed E-state index contributed by atoms with van der Waals surface area (Å²) in [5.41, 5.74) is 7.45. The maximum Gasteiger partial charge on any atom is 0.220 e. The summed E-state index contributed by atoms with van der Waals surface area (Å²) in [6.07, 6.45) is 3.47. The average Bonchev–Trinajstić information content (AvgIpc) is 2.95. The van der Waals surface area contributed by atoms with E-state index in [2.05, 4.69) is 33.6 Å². The van der Waals surface area contributed by atoms with Crippen molar-refractivity contribution >= 4 is 11.6 Å². The molecule has 1 unspecified atom stereocenters. The van der Waals surface area contributed by atoms with Crippen LogP contribution in [0.5, 0.6) is 5.75 Å². The lowest BCUT2D eigenvalue weighted by atomic mass is 9.96. The third kappa shape index (κ3) is 5.91. The van der Waals surface area contributed by atoms with Gasteiger partial charge in [0.25, 0.3) is 0 Å². The molecule has 0 radical (unpaired) electrons. The van der Waals surface area contributed by atoms with Crippen LogP contribution in [-0.2, 0) is 17.8 Å². The summed E-state index contributed by atoms with van der Waals surface area (Å²) >= 11 is 0. The predicted molar refractivity (Wildman–Crippen MR) is 146 cm³/mol. The number of likely N-dealkylation sites (tertiary alicyclic amines) is 1. The molecule has 2 N–H and O–H groups in total. The molecule has 10 heteroatoms. The van der Waals surface area contributed by atoms with Gasteiger partial charge in [-0.05, 0) is 63.0 Å². The molecule has 5 rings (SSSR count). The summed E-state index contributed by atoms with van der Waals surface area (Å²) in [5, 5.41) is 0. The van der Waals surface area contributed by atoms with Gasteiger partial charge in [0.15, 0.2) is 17.4 Å². The van der Waals surface area contributed by atoms with Gasteiger partial charge in [-0.3, -0.25) is 9.69 Å². The summed E-state index contributed by atoms with van der Waals surface area (Å²) in [4.78, 5) is 24.1. The third-order valence-electron chi connectivity index (χ3n) is 7.97. The number of ether oxygens (including phenoxy) is 1. The third-order valence-corrected chi connectivity index (χ3v) is 7.97. The quantitative estimate of drug-likeness (QED) is 0.430. The van der Waals surface area contributed by atoms with E-state index in [0.29, 0.717) is 68.3 Å². The van der Waals surface area contributed by atoms with Crippen LogP contribution in [0.1, 0.15) is 50.1 Å². The van der Waals surface area contributed by atoms with Crippen molar-refractivity contribution in [2.24, 2.45) is 11.7 Å². The van der Waals surface area contributed by atoms with Gasteiger partial charge < -0.3 is 15.4 Å². The molecule has 1 fully saturated rings. The standard InChI is InChI=1S/C30H34F3N5O2/c1-3-18(2)38-10-11-40-29-24(32)14-22(15-26(29)38)28-25(33)16-35-27(36-28)13-19-4-5-21(23(31)12-19)17-37-8-6-20(7-9-37)30(34)39/h4-5,12,14-16,18,20H,3,6-11,13,17H2,1-2H3,(H2,34,39). The Morgan fingerprint density at radius 2 is 1.88 bits per heavy atom. The fourth-order valence-corrected chi connectivity index (χ4v) is 5.44. The summed E-state index contributed by atoms with van der Waals surface area (Å²) < 4.78 is 50.5. The normalized spacial score (nSPS) is 16.9. The van der Waals surface area contributed by atoms with Crippen molar-refractivity contribution in [2.45, 2.75) is 52.1 Å². The first kappa shape index (κ1) is 27.9. The topological polar surface area (TPSA) is 84.6 Å². The number of nitrogens with two attached hydrogens (primary N) is 1. The lowest BCUT2D eigenvalue weighted by Gasteiger charge is -2.36. The van der Waals surface area contributed by atoms with Crippen LogP contribution in [0.15, 0.2) is 36.5 Å². The fraction of sp³-hybridized carbons (Fsp3) is 0.433. The minimum Gasteiger partial charge on any atom is -0.486 e. The largest absolute Gasteiger partial charge is 0.486 e. The number of fused-ring (bicyclic) bond motifs is 1. The highest BCUT2D eigenvalue weighted by Crippen LogP contribution is 2.39. The molecule has 212 valence electrons. The second-order valence-electron chi connectivity index (χ2n) is 10.6. The highest BCUT2D eigenvalue weighted by molar-refractivity contribution is 5.76. The molecule has 40 heavy (non-hydrogen) atoms. The van der Waals surface area contributed by atoms with Crippen LogP contribution >= 0.6 is 0 Å². The van der Waals surface area contributed by atoms with Crippen LogP contribution in [0.3, 0.4) is 0 Å². The summed E-state index contributed by atoms with van der Waals surface area (Å²) in [7, 11) is 0. The van der Waals surface area contributed by atoms with Gasteiger partial charge in [0.2, 0.25) is 5.91 Å². The van der Waals surface area contributed by atoms with Crippen molar-refractivity contribution in [1.82, 2.24) is 14.9 Å². The molecule has 0 aliphatic carbocycles. The van der Waals surface area contributed by atoms with Gasteiger partial charge in [0.05, 0.1) is 18.4 Å². The number of rotatable bonds is 8. The van der Waals surface area contributed by atoms with Crippen molar-refractivity contribution in [3.05, 3.63) is 70.9 Å². The summed E-state index contributed by atoms with van der Waals surface area (Å²) in [6, 6.07) is 8.08. The summed E-state index contributed by atoms with van der Waals surface area (Å²) in [6.45, 7) is 6.91. The zero-order valence-corrected chi connectivity index (χ0v) is 22.8. The molecule has 0 spiro atoms. The SMILES string of the molecule is CCC(C)N1CCOc2c(F)cc(-c3nc(Cc4ccc(CN5CCC(C(N)=O)CC5)c(F)c4)ncc3F)cc21. The minimum absolute atomic E-state index is 0.0159. The van der Waals surface area contributed by atoms with Crippen LogP contribution in [0.25, 0.3) is 11.3 Å². The number of halogens is 3. The van der Waals surface area contributed by atoms with E-state index >= 15 is 4.39 Å². The van der Waals surface area contributed by atoms with Crippen LogP contribution < -0.4 is 15.4 Å². The Morgan fingerprint density at radius 1 is 1.10 bits per heavy atom. The van der Waals surface area contributed by atoms with E-state index in [-0.39, 0.29) is 47.1 Å². The van der Waals surface area contributed by atoms with Crippen LogP contribution in [-0.4, -0.2) is 53.1 Å². The van der Waals surface area contributed by atoms with E-state index in [9.17, 15) is 13.6 Å². The van der Waals surface area contributed by atoms with Crippen LogP contribution in [0.4, 0.5) is 18.9 Å². The second kappa shape index (κ2) is 11.8. The van der Waals surface area contributed by atoms with Gasteiger partial charge in [-0.25, -0.2) is 23.1 Å². The second-order valence-corrected chi connectivity index (χ2v) is 10.6. The zero-order chi connectivity index (χ0) is 28.4.